The number of ether oxygens (including phenoxy) is 1. The molecule has 19 heavy (non-hydrogen) atoms. The number of hydrogen-bond donors (Lipinski definition) is 0. The summed E-state index contributed by atoms with van der Waals surface area (Å²) in [5.74, 6) is 1.13. The van der Waals surface area contributed by atoms with Crippen molar-refractivity contribution in [3.05, 3.63) is 47.9 Å². The van der Waals surface area contributed by atoms with Gasteiger partial charge in [0.25, 0.3) is 0 Å². The zero-order chi connectivity index (χ0) is 13.8. The predicted molar refractivity (Wildman–Crippen MR) is 74.8 cm³/mol. The van der Waals surface area contributed by atoms with Crippen LogP contribution < -0.4 is 9.64 Å². The summed E-state index contributed by atoms with van der Waals surface area (Å²) in [6, 6.07) is 8.94. The molecular weight excluding hydrogens is 267 g/mol. The van der Waals surface area contributed by atoms with Crippen LogP contribution in [-0.2, 0) is 5.88 Å². The second kappa shape index (κ2) is 5.89. The number of nitrogens with zero attached hydrogens (tertiary/aromatic N) is 2. The molecule has 0 fully saturated rings. The van der Waals surface area contributed by atoms with Crippen LogP contribution in [0.1, 0.15) is 5.56 Å². The highest BCUT2D eigenvalue weighted by molar-refractivity contribution is 6.17. The first-order chi connectivity index (χ1) is 9.17. The summed E-state index contributed by atoms with van der Waals surface area (Å²) >= 11 is 5.84. The van der Waals surface area contributed by atoms with Crippen molar-refractivity contribution >= 4 is 23.1 Å². The summed E-state index contributed by atoms with van der Waals surface area (Å²) in [6.45, 7) is 0. The van der Waals surface area contributed by atoms with Gasteiger partial charge in [0.1, 0.15) is 17.4 Å². The van der Waals surface area contributed by atoms with E-state index in [1.54, 1.807) is 7.11 Å². The van der Waals surface area contributed by atoms with Gasteiger partial charge in [0, 0.05) is 12.6 Å². The van der Waals surface area contributed by atoms with Crippen molar-refractivity contribution < 1.29 is 9.13 Å². The molecule has 1 aromatic heterocycles. The highest BCUT2D eigenvalue weighted by Crippen LogP contribution is 2.33. The van der Waals surface area contributed by atoms with Gasteiger partial charge in [-0.15, -0.1) is 11.6 Å². The molecule has 0 bridgehead atoms. The molecule has 0 aliphatic carbocycles. The topological polar surface area (TPSA) is 25.4 Å². The van der Waals surface area contributed by atoms with Gasteiger partial charge in [0.2, 0.25) is 0 Å². The van der Waals surface area contributed by atoms with Gasteiger partial charge in [0.15, 0.2) is 0 Å². The number of halogens is 2. The Labute approximate surface area is 116 Å². The van der Waals surface area contributed by atoms with Gasteiger partial charge in [-0.1, -0.05) is 12.1 Å². The van der Waals surface area contributed by atoms with Gasteiger partial charge >= 0.3 is 0 Å². The molecule has 0 saturated heterocycles. The normalized spacial score (nSPS) is 10.3. The number of methoxy groups -OCH3 is 1. The van der Waals surface area contributed by atoms with E-state index in [9.17, 15) is 4.39 Å². The van der Waals surface area contributed by atoms with Gasteiger partial charge in [-0.2, -0.15) is 0 Å². The van der Waals surface area contributed by atoms with E-state index < -0.39 is 5.82 Å². The SMILES string of the molecule is COc1ccccc1N(C)c1ncc(F)cc1CCl. The molecule has 1 heterocycles. The van der Waals surface area contributed by atoms with Crippen molar-refractivity contribution in [2.45, 2.75) is 5.88 Å². The van der Waals surface area contributed by atoms with Crippen molar-refractivity contribution in [1.29, 1.82) is 0 Å². The van der Waals surface area contributed by atoms with Gasteiger partial charge in [-0.3, -0.25) is 0 Å². The van der Waals surface area contributed by atoms with E-state index in [0.717, 1.165) is 11.4 Å². The molecule has 0 saturated carbocycles. The van der Waals surface area contributed by atoms with Crippen molar-refractivity contribution in [1.82, 2.24) is 4.98 Å². The molecule has 1 aromatic carbocycles. The van der Waals surface area contributed by atoms with Crippen molar-refractivity contribution in [3.63, 3.8) is 0 Å². The monoisotopic (exact) mass is 280 g/mol. The molecule has 2 aromatic rings. The summed E-state index contributed by atoms with van der Waals surface area (Å²) < 4.78 is 18.5. The summed E-state index contributed by atoms with van der Waals surface area (Å²) in [4.78, 5) is 5.94. The first kappa shape index (κ1) is 13.6. The molecular formula is C14H14ClFN2O. The van der Waals surface area contributed by atoms with Crippen LogP contribution >= 0.6 is 11.6 Å². The minimum atomic E-state index is -0.396. The lowest BCUT2D eigenvalue weighted by Crippen LogP contribution is -2.14. The lowest BCUT2D eigenvalue weighted by atomic mass is 10.2. The largest absolute Gasteiger partial charge is 0.495 e. The van der Waals surface area contributed by atoms with E-state index in [2.05, 4.69) is 4.98 Å². The molecule has 0 spiro atoms. The molecule has 0 aliphatic rings. The maximum Gasteiger partial charge on any atom is 0.142 e. The maximum absolute atomic E-state index is 13.2. The Morgan fingerprint density at radius 3 is 2.79 bits per heavy atom. The highest BCUT2D eigenvalue weighted by Gasteiger charge is 2.14. The van der Waals surface area contributed by atoms with E-state index in [4.69, 9.17) is 16.3 Å². The highest BCUT2D eigenvalue weighted by atomic mass is 35.5. The lowest BCUT2D eigenvalue weighted by molar-refractivity contribution is 0.415. The number of benzene rings is 1. The van der Waals surface area contributed by atoms with E-state index in [-0.39, 0.29) is 5.88 Å². The zero-order valence-corrected chi connectivity index (χ0v) is 11.5. The number of anilines is 2. The van der Waals surface area contributed by atoms with Crippen LogP contribution in [0.15, 0.2) is 36.5 Å². The Balaban J connectivity index is 2.46. The third-order valence-corrected chi connectivity index (χ3v) is 3.11. The van der Waals surface area contributed by atoms with Gasteiger partial charge in [0.05, 0.1) is 24.9 Å². The number of alkyl halides is 1. The van der Waals surface area contributed by atoms with E-state index in [1.807, 2.05) is 36.2 Å². The average Bonchev–Trinajstić information content (AvgIpc) is 2.46. The number of aromatic nitrogens is 1. The predicted octanol–water partition coefficient (Wildman–Crippen LogP) is 3.74. The van der Waals surface area contributed by atoms with Crippen molar-refractivity contribution in [3.8, 4) is 5.75 Å². The van der Waals surface area contributed by atoms with Crippen LogP contribution in [0.2, 0.25) is 0 Å². The fourth-order valence-corrected chi connectivity index (χ4v) is 2.09. The zero-order valence-electron chi connectivity index (χ0n) is 10.7. The molecule has 5 heteroatoms. The first-order valence-corrected chi connectivity index (χ1v) is 6.28. The van der Waals surface area contributed by atoms with E-state index >= 15 is 0 Å². The summed E-state index contributed by atoms with van der Waals surface area (Å²) in [7, 11) is 3.45. The number of para-hydroxylation sites is 2. The molecule has 2 rings (SSSR count). The fourth-order valence-electron chi connectivity index (χ4n) is 1.90. The summed E-state index contributed by atoms with van der Waals surface area (Å²) in [5.41, 5.74) is 1.48. The van der Waals surface area contributed by atoms with Crippen LogP contribution in [0, 0.1) is 5.82 Å². The molecule has 0 aliphatic heterocycles. The van der Waals surface area contributed by atoms with E-state index in [1.165, 1.54) is 12.3 Å². The Morgan fingerprint density at radius 1 is 1.37 bits per heavy atom. The lowest BCUT2D eigenvalue weighted by Gasteiger charge is -2.22. The smallest absolute Gasteiger partial charge is 0.142 e. The second-order valence-corrected chi connectivity index (χ2v) is 4.27. The van der Waals surface area contributed by atoms with Gasteiger partial charge in [-0.25, -0.2) is 9.37 Å². The van der Waals surface area contributed by atoms with Crippen molar-refractivity contribution in [2.75, 3.05) is 19.1 Å². The summed E-state index contributed by atoms with van der Waals surface area (Å²) in [6.07, 6.45) is 1.18. The van der Waals surface area contributed by atoms with Crippen LogP contribution in [0.4, 0.5) is 15.9 Å². The Kier molecular flexibility index (Phi) is 4.22. The molecule has 0 radical (unpaired) electrons. The van der Waals surface area contributed by atoms with Crippen LogP contribution in [0.25, 0.3) is 0 Å². The Hall–Kier alpha value is -1.81. The van der Waals surface area contributed by atoms with Crippen LogP contribution in [-0.4, -0.2) is 19.1 Å². The average molecular weight is 281 g/mol. The molecule has 3 nitrogen and oxygen atoms in total. The standard InChI is InChI=1S/C14H14ClFN2O/c1-18(12-5-3-4-6-13(12)19-2)14-10(8-15)7-11(16)9-17-14/h3-7,9H,8H2,1-2H3. The van der Waals surface area contributed by atoms with Gasteiger partial charge in [-0.05, 0) is 18.2 Å². The van der Waals surface area contributed by atoms with Crippen LogP contribution in [0.3, 0.4) is 0 Å². The quantitative estimate of drug-likeness (QED) is 0.798. The van der Waals surface area contributed by atoms with Crippen molar-refractivity contribution in [2.24, 2.45) is 0 Å². The minimum Gasteiger partial charge on any atom is -0.495 e. The second-order valence-electron chi connectivity index (χ2n) is 4.00. The Bertz CT molecular complexity index is 577. The third-order valence-electron chi connectivity index (χ3n) is 2.82. The minimum absolute atomic E-state index is 0.194. The number of hydrogen-bond acceptors (Lipinski definition) is 3. The van der Waals surface area contributed by atoms with E-state index in [0.29, 0.717) is 11.4 Å². The third kappa shape index (κ3) is 2.79. The summed E-state index contributed by atoms with van der Waals surface area (Å²) in [5, 5.41) is 0. The number of rotatable bonds is 4. The molecule has 0 unspecified atom stereocenters. The number of pyridine rings is 1. The first-order valence-electron chi connectivity index (χ1n) is 5.74. The van der Waals surface area contributed by atoms with Gasteiger partial charge < -0.3 is 9.64 Å². The maximum atomic E-state index is 13.2. The molecule has 100 valence electrons. The Morgan fingerprint density at radius 2 is 2.11 bits per heavy atom. The molecule has 0 N–H and O–H groups in total. The molecule has 0 amide bonds. The fraction of sp³-hybridized carbons (Fsp3) is 0.214. The molecule has 0 atom stereocenters. The van der Waals surface area contributed by atoms with Crippen LogP contribution in [0.5, 0.6) is 5.75 Å².